The van der Waals surface area contributed by atoms with Gasteiger partial charge in [-0.05, 0) is 99.2 Å². The SMILES string of the molecule is N#Cc1cccc(-c2ccc(-c3cc(-c4ccccn4)[c-]cc3-c3ccccc3-c3cc(CCc4c[c-]c(-c5ccccn5)cc4)cc(CCc4c[c-]c(-c5ccccn5)cc4)c3)cc2)c1.[Ir+3]. The fourth-order valence-corrected chi connectivity index (χ4v) is 8.58. The van der Waals surface area contributed by atoms with Crippen LogP contribution < -0.4 is 0 Å². The minimum Gasteiger partial charge on any atom is -0.305 e. The second kappa shape index (κ2) is 21.0. The van der Waals surface area contributed by atoms with Crippen molar-refractivity contribution < 1.29 is 20.1 Å². The van der Waals surface area contributed by atoms with Crippen molar-refractivity contribution in [3.8, 4) is 84.3 Å². The van der Waals surface area contributed by atoms with Crippen molar-refractivity contribution in [2.75, 3.05) is 0 Å². The van der Waals surface area contributed by atoms with Gasteiger partial charge >= 0.3 is 20.1 Å². The molecule has 0 aliphatic carbocycles. The zero-order chi connectivity index (χ0) is 44.5. The maximum atomic E-state index is 9.56. The Bertz CT molecular complexity index is 3170. The van der Waals surface area contributed by atoms with E-state index in [-0.39, 0.29) is 20.1 Å². The van der Waals surface area contributed by atoms with Crippen LogP contribution in [0.3, 0.4) is 0 Å². The summed E-state index contributed by atoms with van der Waals surface area (Å²) >= 11 is 0. The van der Waals surface area contributed by atoms with Crippen LogP contribution in [0.1, 0.15) is 27.8 Å². The number of rotatable bonds is 13. The van der Waals surface area contributed by atoms with Crippen molar-refractivity contribution in [3.63, 3.8) is 0 Å². The molecule has 3 heterocycles. The number of nitriles is 1. The summed E-state index contributed by atoms with van der Waals surface area (Å²) in [5, 5.41) is 9.56. The van der Waals surface area contributed by atoms with Crippen LogP contribution in [0, 0.1) is 29.5 Å². The summed E-state index contributed by atoms with van der Waals surface area (Å²) in [6.45, 7) is 0. The molecule has 0 aliphatic rings. The molecular formula is C62H43IrN4. The van der Waals surface area contributed by atoms with Crippen molar-refractivity contribution in [2.24, 2.45) is 0 Å². The van der Waals surface area contributed by atoms with Gasteiger partial charge in [0.05, 0.1) is 11.6 Å². The number of nitrogens with zero attached hydrogens (tertiary/aromatic N) is 4. The number of aromatic nitrogens is 3. The van der Waals surface area contributed by atoms with Gasteiger partial charge in [0.15, 0.2) is 0 Å². The molecule has 0 bridgehead atoms. The van der Waals surface area contributed by atoms with Crippen molar-refractivity contribution in [2.45, 2.75) is 25.7 Å². The summed E-state index contributed by atoms with van der Waals surface area (Å²) in [5.41, 5.74) is 20.1. The van der Waals surface area contributed by atoms with E-state index >= 15 is 0 Å². The molecule has 0 fully saturated rings. The predicted molar refractivity (Wildman–Crippen MR) is 267 cm³/mol. The number of hydrogen-bond donors (Lipinski definition) is 0. The fraction of sp³-hybridized carbons (Fsp3) is 0.0645. The van der Waals surface area contributed by atoms with Gasteiger partial charge in [0, 0.05) is 18.6 Å². The summed E-state index contributed by atoms with van der Waals surface area (Å²) in [5.74, 6) is 0. The van der Waals surface area contributed by atoms with E-state index in [1.54, 1.807) is 0 Å². The van der Waals surface area contributed by atoms with E-state index in [1.807, 2.05) is 97.5 Å². The molecule has 7 aromatic carbocycles. The molecule has 0 atom stereocenters. The Hall–Kier alpha value is -7.87. The summed E-state index contributed by atoms with van der Waals surface area (Å²) in [7, 11) is 0. The molecule has 0 unspecified atom stereocenters. The van der Waals surface area contributed by atoms with Crippen LogP contribution in [-0.4, -0.2) is 15.0 Å². The van der Waals surface area contributed by atoms with Gasteiger partial charge in [-0.3, -0.25) is 0 Å². The minimum atomic E-state index is 0. The summed E-state index contributed by atoms with van der Waals surface area (Å²) in [4.78, 5) is 13.7. The van der Waals surface area contributed by atoms with Crippen LogP contribution in [0.15, 0.2) is 213 Å². The van der Waals surface area contributed by atoms with Crippen LogP contribution in [0.2, 0.25) is 0 Å². The first-order chi connectivity index (χ1) is 32.6. The zero-order valence-corrected chi connectivity index (χ0v) is 39.1. The summed E-state index contributed by atoms with van der Waals surface area (Å²) in [6.07, 6.45) is 9.01. The quantitative estimate of drug-likeness (QED) is 0.108. The molecule has 320 valence electrons. The molecule has 0 N–H and O–H groups in total. The molecule has 0 aliphatic heterocycles. The van der Waals surface area contributed by atoms with Crippen LogP contribution in [-0.2, 0) is 45.8 Å². The Labute approximate surface area is 406 Å². The Morgan fingerprint density at radius 2 is 0.881 bits per heavy atom. The van der Waals surface area contributed by atoms with E-state index in [9.17, 15) is 5.26 Å². The minimum absolute atomic E-state index is 0. The van der Waals surface area contributed by atoms with Crippen molar-refractivity contribution in [1.29, 1.82) is 5.26 Å². The normalized spacial score (nSPS) is 10.8. The van der Waals surface area contributed by atoms with Gasteiger partial charge in [-0.25, -0.2) is 0 Å². The average Bonchev–Trinajstić information content (AvgIpc) is 3.40. The Morgan fingerprint density at radius 1 is 0.358 bits per heavy atom. The Kier molecular flexibility index (Phi) is 13.9. The van der Waals surface area contributed by atoms with Crippen LogP contribution in [0.5, 0.6) is 0 Å². The van der Waals surface area contributed by atoms with Crippen molar-refractivity contribution >= 4 is 0 Å². The number of hydrogen-bond acceptors (Lipinski definition) is 4. The number of benzene rings is 7. The van der Waals surface area contributed by atoms with E-state index in [0.29, 0.717) is 5.56 Å². The monoisotopic (exact) mass is 1040 g/mol. The molecule has 67 heavy (non-hydrogen) atoms. The molecule has 0 saturated heterocycles. The molecule has 4 nitrogen and oxygen atoms in total. The van der Waals surface area contributed by atoms with Gasteiger partial charge in [-0.15, -0.1) is 94.5 Å². The molecule has 3 aromatic heterocycles. The van der Waals surface area contributed by atoms with E-state index in [1.165, 1.54) is 27.8 Å². The van der Waals surface area contributed by atoms with E-state index < -0.39 is 0 Å². The summed E-state index contributed by atoms with van der Waals surface area (Å²) in [6, 6.07) is 80.2. The molecule has 0 spiro atoms. The smallest absolute Gasteiger partial charge is 0.305 e. The van der Waals surface area contributed by atoms with Gasteiger partial charge in [0.1, 0.15) is 0 Å². The van der Waals surface area contributed by atoms with Gasteiger partial charge in [0.25, 0.3) is 0 Å². The molecule has 0 radical (unpaired) electrons. The van der Waals surface area contributed by atoms with Crippen LogP contribution in [0.4, 0.5) is 0 Å². The van der Waals surface area contributed by atoms with Crippen LogP contribution in [0.25, 0.3) is 78.3 Å². The molecular weight excluding hydrogens is 993 g/mol. The maximum absolute atomic E-state index is 9.56. The summed E-state index contributed by atoms with van der Waals surface area (Å²) < 4.78 is 0. The van der Waals surface area contributed by atoms with Gasteiger partial charge in [-0.1, -0.05) is 145 Å². The third-order valence-electron chi connectivity index (χ3n) is 12.0. The molecule has 5 heteroatoms. The first-order valence-electron chi connectivity index (χ1n) is 22.3. The maximum Gasteiger partial charge on any atom is 3.00 e. The zero-order valence-electron chi connectivity index (χ0n) is 36.7. The van der Waals surface area contributed by atoms with E-state index in [0.717, 1.165) is 98.4 Å². The van der Waals surface area contributed by atoms with Gasteiger partial charge in [0.2, 0.25) is 0 Å². The largest absolute Gasteiger partial charge is 3.00 e. The second-order valence-corrected chi connectivity index (χ2v) is 16.4. The van der Waals surface area contributed by atoms with E-state index in [2.05, 4.69) is 154 Å². The van der Waals surface area contributed by atoms with Gasteiger partial charge in [-0.2, -0.15) is 5.26 Å². The standard InChI is InChI=1S/C62H43N4.Ir/c63-43-48-10-9-11-53(41-48)49-29-31-50(32-30-49)59-42-54(62-16-5-8-37-66-62)33-34-58(59)57-13-2-1-12-56(57)55-39-46(19-17-44-21-25-51(26-22-44)60-14-3-6-35-64-60)38-47(40-55)20-18-45-23-27-52(28-24-45)61-15-4-7-36-65-61;/h1-16,21-25,27,29-32,34-42H,17-20H2;/q-3;+3. The topological polar surface area (TPSA) is 62.5 Å². The Morgan fingerprint density at radius 3 is 1.42 bits per heavy atom. The van der Waals surface area contributed by atoms with Gasteiger partial charge < -0.3 is 15.0 Å². The molecule has 10 rings (SSSR count). The third-order valence-corrected chi connectivity index (χ3v) is 12.0. The predicted octanol–water partition coefficient (Wildman–Crippen LogP) is 14.4. The third kappa shape index (κ3) is 10.5. The first kappa shape index (κ1) is 44.3. The number of pyridine rings is 3. The van der Waals surface area contributed by atoms with Crippen molar-refractivity contribution in [1.82, 2.24) is 15.0 Å². The second-order valence-electron chi connectivity index (χ2n) is 16.4. The fourth-order valence-electron chi connectivity index (χ4n) is 8.58. The van der Waals surface area contributed by atoms with Crippen LogP contribution >= 0.6 is 0 Å². The molecule has 0 saturated carbocycles. The Balaban J connectivity index is 0.00000562. The molecule has 10 aromatic rings. The van der Waals surface area contributed by atoms with E-state index in [4.69, 9.17) is 0 Å². The molecule has 0 amide bonds. The first-order valence-corrected chi connectivity index (χ1v) is 22.3. The average molecular weight is 1040 g/mol. The van der Waals surface area contributed by atoms with Crippen molar-refractivity contribution in [3.05, 3.63) is 259 Å². The number of aryl methyl sites for hydroxylation is 4.